The zero-order valence-electron chi connectivity index (χ0n) is 8.43. The average molecular weight is 168 g/mol. The fourth-order valence-corrected chi connectivity index (χ4v) is 1.07. The summed E-state index contributed by atoms with van der Waals surface area (Å²) in [5.41, 5.74) is 0.200. The lowest BCUT2D eigenvalue weighted by Gasteiger charge is -2.29. The molecule has 0 saturated carbocycles. The predicted octanol–water partition coefficient (Wildman–Crippen LogP) is 1.59. The quantitative estimate of drug-likeness (QED) is 0.688. The Balaban J connectivity index is 2.05. The first-order valence-electron chi connectivity index (χ1n) is 4.73. The van der Waals surface area contributed by atoms with Gasteiger partial charge in [-0.15, -0.1) is 0 Å². The third kappa shape index (κ3) is 3.77. The summed E-state index contributed by atoms with van der Waals surface area (Å²) in [6.07, 6.45) is 5.64. The monoisotopic (exact) mass is 168 g/mol. The number of likely N-dealkylation sites (tertiary alicyclic amines) is 1. The summed E-state index contributed by atoms with van der Waals surface area (Å²) in [6.45, 7) is 10.2. The Kier molecular flexibility index (Phi) is 3.15. The van der Waals surface area contributed by atoms with Gasteiger partial charge in [0.05, 0.1) is 0 Å². The van der Waals surface area contributed by atoms with Crippen LogP contribution in [0.1, 0.15) is 27.2 Å². The highest BCUT2D eigenvalue weighted by Gasteiger charge is 2.10. The van der Waals surface area contributed by atoms with Crippen molar-refractivity contribution in [2.24, 2.45) is 0 Å². The fourth-order valence-electron chi connectivity index (χ4n) is 1.07. The third-order valence-corrected chi connectivity index (χ3v) is 1.95. The van der Waals surface area contributed by atoms with E-state index in [2.05, 4.69) is 43.3 Å². The zero-order valence-corrected chi connectivity index (χ0v) is 8.43. The van der Waals surface area contributed by atoms with Gasteiger partial charge in [0.15, 0.2) is 0 Å². The first kappa shape index (κ1) is 9.59. The molecule has 2 heteroatoms. The fraction of sp³-hybridized carbons (Fsp3) is 0.800. The van der Waals surface area contributed by atoms with Gasteiger partial charge in [-0.1, -0.05) is 6.08 Å². The summed E-state index contributed by atoms with van der Waals surface area (Å²) in [5, 5.41) is 3.32. The zero-order chi connectivity index (χ0) is 9.03. The molecule has 0 aromatic heterocycles. The van der Waals surface area contributed by atoms with Gasteiger partial charge >= 0.3 is 0 Å². The summed E-state index contributed by atoms with van der Waals surface area (Å²) in [4.78, 5) is 2.43. The van der Waals surface area contributed by atoms with E-state index in [1.165, 1.54) is 19.5 Å². The Morgan fingerprint density at radius 2 is 2.00 bits per heavy atom. The van der Waals surface area contributed by atoms with Crippen molar-refractivity contribution in [3.63, 3.8) is 0 Å². The van der Waals surface area contributed by atoms with Gasteiger partial charge in [0.25, 0.3) is 0 Å². The normalized spacial score (nSPS) is 19.6. The molecule has 1 aliphatic rings. The van der Waals surface area contributed by atoms with Crippen molar-refractivity contribution in [2.45, 2.75) is 32.7 Å². The number of hydrogen-bond donors (Lipinski definition) is 1. The Labute approximate surface area is 75.6 Å². The van der Waals surface area contributed by atoms with Crippen molar-refractivity contribution < 1.29 is 0 Å². The van der Waals surface area contributed by atoms with Crippen molar-refractivity contribution in [2.75, 3.05) is 19.6 Å². The first-order chi connectivity index (χ1) is 5.58. The molecule has 0 bridgehead atoms. The molecule has 1 heterocycles. The van der Waals surface area contributed by atoms with E-state index in [0.29, 0.717) is 0 Å². The molecular formula is C10H20N2. The molecule has 1 aliphatic heterocycles. The van der Waals surface area contributed by atoms with Crippen molar-refractivity contribution in [3.05, 3.63) is 12.3 Å². The van der Waals surface area contributed by atoms with Gasteiger partial charge in [-0.3, -0.25) is 4.90 Å². The standard InChI is InChI=1S/C10H20N2/c1-10(2,3)11-6-4-7-12-8-5-9-12/h4,6,11H,5,7-9H2,1-3H3/b6-4+. The molecule has 0 spiro atoms. The summed E-state index contributed by atoms with van der Waals surface area (Å²) >= 11 is 0. The molecule has 12 heavy (non-hydrogen) atoms. The summed E-state index contributed by atoms with van der Waals surface area (Å²) < 4.78 is 0. The van der Waals surface area contributed by atoms with E-state index >= 15 is 0 Å². The van der Waals surface area contributed by atoms with Crippen LogP contribution in [0.2, 0.25) is 0 Å². The van der Waals surface area contributed by atoms with Crippen LogP contribution in [-0.4, -0.2) is 30.1 Å². The van der Waals surface area contributed by atoms with Gasteiger partial charge in [0, 0.05) is 12.1 Å². The molecule has 70 valence electrons. The van der Waals surface area contributed by atoms with Crippen molar-refractivity contribution in [1.82, 2.24) is 10.2 Å². The highest BCUT2D eigenvalue weighted by molar-refractivity contribution is 4.89. The Morgan fingerprint density at radius 1 is 1.33 bits per heavy atom. The molecule has 1 rings (SSSR count). The second-order valence-corrected chi connectivity index (χ2v) is 4.45. The van der Waals surface area contributed by atoms with E-state index in [1.54, 1.807) is 0 Å². The predicted molar refractivity (Wildman–Crippen MR) is 53.1 cm³/mol. The number of hydrogen-bond acceptors (Lipinski definition) is 2. The van der Waals surface area contributed by atoms with E-state index in [0.717, 1.165) is 6.54 Å². The van der Waals surface area contributed by atoms with Crippen LogP contribution in [-0.2, 0) is 0 Å². The number of nitrogens with zero attached hydrogens (tertiary/aromatic N) is 1. The van der Waals surface area contributed by atoms with Gasteiger partial charge in [0.2, 0.25) is 0 Å². The molecule has 0 unspecified atom stereocenters. The lowest BCUT2D eigenvalue weighted by Crippen LogP contribution is -2.37. The third-order valence-electron chi connectivity index (χ3n) is 1.95. The van der Waals surface area contributed by atoms with E-state index in [4.69, 9.17) is 0 Å². The summed E-state index contributed by atoms with van der Waals surface area (Å²) in [6, 6.07) is 0. The largest absolute Gasteiger partial charge is 0.387 e. The van der Waals surface area contributed by atoms with E-state index in [-0.39, 0.29) is 5.54 Å². The van der Waals surface area contributed by atoms with Gasteiger partial charge in [0.1, 0.15) is 0 Å². The van der Waals surface area contributed by atoms with Gasteiger partial charge < -0.3 is 5.32 Å². The Hall–Kier alpha value is -0.500. The molecule has 0 aliphatic carbocycles. The highest BCUT2D eigenvalue weighted by Crippen LogP contribution is 2.04. The van der Waals surface area contributed by atoms with Crippen LogP contribution in [0.3, 0.4) is 0 Å². The maximum absolute atomic E-state index is 3.32. The van der Waals surface area contributed by atoms with Gasteiger partial charge in [-0.25, -0.2) is 0 Å². The molecule has 0 radical (unpaired) electrons. The maximum Gasteiger partial charge on any atom is 0.0283 e. The maximum atomic E-state index is 3.32. The molecule has 0 amide bonds. The molecule has 1 fully saturated rings. The molecule has 0 atom stereocenters. The van der Waals surface area contributed by atoms with Gasteiger partial charge in [-0.2, -0.15) is 0 Å². The van der Waals surface area contributed by atoms with E-state index in [9.17, 15) is 0 Å². The van der Waals surface area contributed by atoms with Crippen LogP contribution < -0.4 is 5.32 Å². The summed E-state index contributed by atoms with van der Waals surface area (Å²) in [7, 11) is 0. The second kappa shape index (κ2) is 3.94. The molecule has 1 saturated heterocycles. The first-order valence-corrected chi connectivity index (χ1v) is 4.73. The minimum Gasteiger partial charge on any atom is -0.387 e. The molecule has 0 aromatic carbocycles. The van der Waals surface area contributed by atoms with Crippen molar-refractivity contribution in [1.29, 1.82) is 0 Å². The van der Waals surface area contributed by atoms with Crippen LogP contribution in [0.4, 0.5) is 0 Å². The second-order valence-electron chi connectivity index (χ2n) is 4.45. The van der Waals surface area contributed by atoms with Crippen molar-refractivity contribution in [3.8, 4) is 0 Å². The topological polar surface area (TPSA) is 15.3 Å². The Morgan fingerprint density at radius 3 is 2.42 bits per heavy atom. The molecular weight excluding hydrogens is 148 g/mol. The van der Waals surface area contributed by atoms with Crippen LogP contribution in [0.5, 0.6) is 0 Å². The Bertz CT molecular complexity index is 152. The lowest BCUT2D eigenvalue weighted by molar-refractivity contribution is 0.203. The van der Waals surface area contributed by atoms with E-state index in [1.807, 2.05) is 0 Å². The smallest absolute Gasteiger partial charge is 0.0283 e. The van der Waals surface area contributed by atoms with E-state index < -0.39 is 0 Å². The van der Waals surface area contributed by atoms with Crippen molar-refractivity contribution >= 4 is 0 Å². The SMILES string of the molecule is CC(C)(C)N/C=C/CN1CCC1. The molecule has 1 N–H and O–H groups in total. The lowest BCUT2D eigenvalue weighted by atomic mass is 10.1. The van der Waals surface area contributed by atoms with Crippen LogP contribution >= 0.6 is 0 Å². The molecule has 0 aromatic rings. The highest BCUT2D eigenvalue weighted by atomic mass is 15.2. The van der Waals surface area contributed by atoms with Crippen LogP contribution in [0, 0.1) is 0 Å². The molecule has 2 nitrogen and oxygen atoms in total. The van der Waals surface area contributed by atoms with Crippen LogP contribution in [0.15, 0.2) is 12.3 Å². The van der Waals surface area contributed by atoms with Crippen LogP contribution in [0.25, 0.3) is 0 Å². The minimum atomic E-state index is 0.200. The average Bonchev–Trinajstić information content (AvgIpc) is 1.80. The minimum absolute atomic E-state index is 0.200. The number of rotatable bonds is 3. The van der Waals surface area contributed by atoms with Gasteiger partial charge in [-0.05, 0) is 46.5 Å². The number of nitrogens with one attached hydrogen (secondary N) is 1. The summed E-state index contributed by atoms with van der Waals surface area (Å²) in [5.74, 6) is 0.